The number of benzene rings is 1. The largest absolute Gasteiger partial charge is 0.353 e. The summed E-state index contributed by atoms with van der Waals surface area (Å²) in [6.45, 7) is 3.62. The second-order valence-corrected chi connectivity index (χ2v) is 10.6. The van der Waals surface area contributed by atoms with Gasteiger partial charge in [0, 0.05) is 34.6 Å². The number of thiophene rings is 1. The summed E-state index contributed by atoms with van der Waals surface area (Å²) in [4.78, 5) is 29.2. The van der Waals surface area contributed by atoms with Gasteiger partial charge in [-0.2, -0.15) is 5.10 Å². The number of nitrogens with zero attached hydrogens (tertiary/aromatic N) is 3. The molecule has 0 radical (unpaired) electrons. The Hall–Kier alpha value is -2.09. The summed E-state index contributed by atoms with van der Waals surface area (Å²) in [5.74, 6) is -0.0368. The van der Waals surface area contributed by atoms with Crippen LogP contribution in [0.5, 0.6) is 0 Å². The van der Waals surface area contributed by atoms with E-state index in [9.17, 15) is 9.59 Å². The number of carbonyl (C=O) groups is 2. The third-order valence-corrected chi connectivity index (χ3v) is 7.88. The van der Waals surface area contributed by atoms with Crippen molar-refractivity contribution in [1.82, 2.24) is 20.0 Å². The predicted molar refractivity (Wildman–Crippen MR) is 128 cm³/mol. The number of hydrogen-bond acceptors (Lipinski definition) is 4. The Kier molecular flexibility index (Phi) is 5.90. The fourth-order valence-electron chi connectivity index (χ4n) is 4.21. The smallest absolute Gasteiger partial charge is 0.264 e. The van der Waals surface area contributed by atoms with Crippen LogP contribution in [0, 0.1) is 12.8 Å². The van der Waals surface area contributed by atoms with Gasteiger partial charge in [-0.05, 0) is 56.4 Å². The van der Waals surface area contributed by atoms with Gasteiger partial charge in [-0.25, -0.2) is 0 Å². The molecular weight excluding hydrogens is 467 g/mol. The van der Waals surface area contributed by atoms with Crippen molar-refractivity contribution in [2.75, 3.05) is 13.1 Å². The van der Waals surface area contributed by atoms with E-state index in [0.717, 1.165) is 47.2 Å². The summed E-state index contributed by atoms with van der Waals surface area (Å²) in [5.41, 5.74) is 1.79. The second kappa shape index (κ2) is 8.69. The van der Waals surface area contributed by atoms with Crippen molar-refractivity contribution >= 4 is 56.6 Å². The first kappa shape index (κ1) is 21.7. The summed E-state index contributed by atoms with van der Waals surface area (Å²) in [6.07, 6.45) is 3.83. The van der Waals surface area contributed by atoms with Crippen LogP contribution in [-0.2, 0) is 11.3 Å². The molecular formula is C23H24Cl2N4O2S. The Morgan fingerprint density at radius 1 is 1.22 bits per heavy atom. The van der Waals surface area contributed by atoms with Crippen LogP contribution in [0.3, 0.4) is 0 Å². The molecule has 1 aliphatic carbocycles. The number of aryl methyl sites for hydroxylation is 1. The molecule has 2 aromatic heterocycles. The summed E-state index contributed by atoms with van der Waals surface area (Å²) >= 11 is 13.8. The van der Waals surface area contributed by atoms with Crippen LogP contribution in [0.25, 0.3) is 10.2 Å². The first-order chi connectivity index (χ1) is 15.4. The third-order valence-electron chi connectivity index (χ3n) is 6.16. The third kappa shape index (κ3) is 4.38. The summed E-state index contributed by atoms with van der Waals surface area (Å²) < 4.78 is 1.89. The molecule has 1 saturated heterocycles. The highest BCUT2D eigenvalue weighted by Crippen LogP contribution is 2.32. The van der Waals surface area contributed by atoms with Crippen molar-refractivity contribution in [3.8, 4) is 0 Å². The predicted octanol–water partition coefficient (Wildman–Crippen LogP) is 4.89. The molecule has 3 aromatic rings. The normalized spacial score (nSPS) is 18.8. The molecule has 6 nitrogen and oxygen atoms in total. The van der Waals surface area contributed by atoms with E-state index in [-0.39, 0.29) is 17.7 Å². The minimum atomic E-state index is -0.119. The number of fused-ring (bicyclic) bond motifs is 1. The monoisotopic (exact) mass is 490 g/mol. The minimum absolute atomic E-state index is 0.00871. The van der Waals surface area contributed by atoms with Gasteiger partial charge in [0.05, 0.1) is 23.0 Å². The van der Waals surface area contributed by atoms with E-state index in [1.807, 2.05) is 34.7 Å². The topological polar surface area (TPSA) is 67.2 Å². The van der Waals surface area contributed by atoms with Gasteiger partial charge in [-0.15, -0.1) is 11.3 Å². The van der Waals surface area contributed by atoms with E-state index in [4.69, 9.17) is 23.2 Å². The highest BCUT2D eigenvalue weighted by molar-refractivity contribution is 7.20. The second-order valence-electron chi connectivity index (χ2n) is 8.68. The van der Waals surface area contributed by atoms with E-state index in [0.29, 0.717) is 40.6 Å². The van der Waals surface area contributed by atoms with Crippen LogP contribution in [0.2, 0.25) is 10.0 Å². The average Bonchev–Trinajstić information content (AvgIpc) is 3.39. The molecule has 5 rings (SSSR count). The number of likely N-dealkylation sites (tertiary alicyclic amines) is 1. The lowest BCUT2D eigenvalue weighted by atomic mass is 9.97. The number of halogens is 2. The van der Waals surface area contributed by atoms with E-state index < -0.39 is 0 Å². The SMILES string of the molecule is Cc1nn(Cc2ccc(Cl)cc2Cl)c2sc(C(=O)N3CCCC(C(=O)NC4CC4)C3)cc12. The van der Waals surface area contributed by atoms with Gasteiger partial charge >= 0.3 is 0 Å². The molecule has 2 fully saturated rings. The van der Waals surface area contributed by atoms with Crippen LogP contribution in [-0.4, -0.2) is 45.6 Å². The van der Waals surface area contributed by atoms with Gasteiger partial charge in [0.15, 0.2) is 0 Å². The Bertz CT molecular complexity index is 1200. The van der Waals surface area contributed by atoms with Crippen molar-refractivity contribution in [2.24, 2.45) is 5.92 Å². The molecule has 1 aliphatic heterocycles. The summed E-state index contributed by atoms with van der Waals surface area (Å²) in [5, 5.41) is 9.89. The molecule has 168 valence electrons. The number of hydrogen-bond donors (Lipinski definition) is 1. The van der Waals surface area contributed by atoms with Crippen LogP contribution in [0.15, 0.2) is 24.3 Å². The molecule has 0 bridgehead atoms. The first-order valence-electron chi connectivity index (χ1n) is 10.9. The minimum Gasteiger partial charge on any atom is -0.353 e. The van der Waals surface area contributed by atoms with Crippen molar-refractivity contribution in [3.05, 3.63) is 50.4 Å². The van der Waals surface area contributed by atoms with E-state index in [1.165, 1.54) is 11.3 Å². The lowest BCUT2D eigenvalue weighted by Gasteiger charge is -2.31. The Labute approximate surface area is 200 Å². The van der Waals surface area contributed by atoms with Gasteiger partial charge in [-0.3, -0.25) is 14.3 Å². The van der Waals surface area contributed by atoms with Crippen LogP contribution in [0.4, 0.5) is 0 Å². The fourth-order valence-corrected chi connectivity index (χ4v) is 5.81. The van der Waals surface area contributed by atoms with Gasteiger partial charge in [0.2, 0.25) is 5.91 Å². The Morgan fingerprint density at radius 3 is 2.78 bits per heavy atom. The maximum absolute atomic E-state index is 13.3. The van der Waals surface area contributed by atoms with E-state index in [1.54, 1.807) is 6.07 Å². The molecule has 1 N–H and O–H groups in total. The van der Waals surface area contributed by atoms with Crippen molar-refractivity contribution in [2.45, 2.75) is 45.2 Å². The molecule has 9 heteroatoms. The van der Waals surface area contributed by atoms with Gasteiger partial charge < -0.3 is 10.2 Å². The zero-order valence-corrected chi connectivity index (χ0v) is 20.1. The van der Waals surface area contributed by atoms with Crippen LogP contribution in [0.1, 0.15) is 46.6 Å². The van der Waals surface area contributed by atoms with Gasteiger partial charge in [0.25, 0.3) is 5.91 Å². The molecule has 1 saturated carbocycles. The molecule has 0 spiro atoms. The van der Waals surface area contributed by atoms with Crippen LogP contribution < -0.4 is 5.32 Å². The molecule has 2 aliphatic rings. The van der Waals surface area contributed by atoms with Crippen LogP contribution >= 0.6 is 34.5 Å². The Balaban J connectivity index is 1.35. The lowest BCUT2D eigenvalue weighted by molar-refractivity contribution is -0.126. The fraction of sp³-hybridized carbons (Fsp3) is 0.435. The van der Waals surface area contributed by atoms with E-state index in [2.05, 4.69) is 10.4 Å². The molecule has 1 atom stereocenters. The molecule has 1 aromatic carbocycles. The standard InChI is InChI=1S/C23H24Cl2N4O2S/c1-13-18-10-20(22(31)28-8-2-3-15(11-28)21(30)26-17-6-7-17)32-23(18)29(27-13)12-14-4-5-16(24)9-19(14)25/h4-5,9-10,15,17H,2-3,6-8,11-12H2,1H3,(H,26,30). The number of nitrogens with one attached hydrogen (secondary N) is 1. The summed E-state index contributed by atoms with van der Waals surface area (Å²) in [6, 6.07) is 7.70. The van der Waals surface area contributed by atoms with Crippen molar-refractivity contribution < 1.29 is 9.59 Å². The molecule has 3 heterocycles. The molecule has 32 heavy (non-hydrogen) atoms. The Morgan fingerprint density at radius 2 is 2.03 bits per heavy atom. The zero-order valence-electron chi connectivity index (χ0n) is 17.7. The van der Waals surface area contributed by atoms with Crippen molar-refractivity contribution in [1.29, 1.82) is 0 Å². The van der Waals surface area contributed by atoms with Gasteiger partial charge in [0.1, 0.15) is 4.83 Å². The maximum atomic E-state index is 13.3. The number of rotatable bonds is 5. The quantitative estimate of drug-likeness (QED) is 0.553. The number of amides is 2. The number of piperidine rings is 1. The van der Waals surface area contributed by atoms with E-state index >= 15 is 0 Å². The lowest BCUT2D eigenvalue weighted by Crippen LogP contribution is -2.45. The number of carbonyl (C=O) groups excluding carboxylic acids is 2. The van der Waals surface area contributed by atoms with Gasteiger partial charge in [-0.1, -0.05) is 29.3 Å². The molecule has 1 unspecified atom stereocenters. The highest BCUT2D eigenvalue weighted by atomic mass is 35.5. The first-order valence-corrected chi connectivity index (χ1v) is 12.5. The summed E-state index contributed by atoms with van der Waals surface area (Å²) in [7, 11) is 0. The highest BCUT2D eigenvalue weighted by Gasteiger charge is 2.32. The zero-order chi connectivity index (χ0) is 22.4. The maximum Gasteiger partial charge on any atom is 0.264 e. The number of aromatic nitrogens is 2. The van der Waals surface area contributed by atoms with Crippen molar-refractivity contribution in [3.63, 3.8) is 0 Å². The molecule has 2 amide bonds. The average molecular weight is 491 g/mol.